The van der Waals surface area contributed by atoms with Gasteiger partial charge in [0, 0.05) is 12.6 Å². The van der Waals surface area contributed by atoms with E-state index in [1.807, 2.05) is 12.1 Å². The summed E-state index contributed by atoms with van der Waals surface area (Å²) in [4.78, 5) is 0. The normalized spacial score (nSPS) is 12.6. The van der Waals surface area contributed by atoms with Gasteiger partial charge < -0.3 is 10.4 Å². The Morgan fingerprint density at radius 2 is 1.84 bits per heavy atom. The molecule has 0 saturated heterocycles. The van der Waals surface area contributed by atoms with Gasteiger partial charge in [0.25, 0.3) is 0 Å². The van der Waals surface area contributed by atoms with Crippen molar-refractivity contribution in [3.8, 4) is 0 Å². The van der Waals surface area contributed by atoms with E-state index in [2.05, 4.69) is 31.3 Å². The minimum absolute atomic E-state index is 0.126. The van der Waals surface area contributed by atoms with Crippen LogP contribution in [0.5, 0.6) is 0 Å². The number of hydrogen-bond donors (Lipinski definition) is 2. The quantitative estimate of drug-likeness (QED) is 0.625. The zero-order valence-electron chi connectivity index (χ0n) is 12.5. The largest absolute Gasteiger partial charge is 0.392 e. The van der Waals surface area contributed by atoms with Crippen LogP contribution in [0.4, 0.5) is 0 Å². The van der Waals surface area contributed by atoms with E-state index in [0.717, 1.165) is 12.1 Å². The van der Waals surface area contributed by atoms with Crippen molar-refractivity contribution >= 4 is 0 Å². The van der Waals surface area contributed by atoms with Gasteiger partial charge in [0.1, 0.15) is 0 Å². The van der Waals surface area contributed by atoms with Crippen molar-refractivity contribution in [3.05, 3.63) is 35.4 Å². The van der Waals surface area contributed by atoms with Crippen LogP contribution in [-0.4, -0.2) is 11.1 Å². The Kier molecular flexibility index (Phi) is 8.52. The monoisotopic (exact) mass is 263 g/mol. The molecule has 1 aromatic carbocycles. The summed E-state index contributed by atoms with van der Waals surface area (Å²) in [5, 5.41) is 12.7. The maximum Gasteiger partial charge on any atom is 0.0681 e. The predicted molar refractivity (Wildman–Crippen MR) is 82.0 cm³/mol. The molecule has 0 spiro atoms. The van der Waals surface area contributed by atoms with E-state index < -0.39 is 0 Å². The van der Waals surface area contributed by atoms with Crippen molar-refractivity contribution in [1.29, 1.82) is 0 Å². The van der Waals surface area contributed by atoms with Gasteiger partial charge in [0.15, 0.2) is 0 Å². The number of rotatable bonds is 10. The molecule has 0 heterocycles. The second-order valence-corrected chi connectivity index (χ2v) is 5.46. The van der Waals surface area contributed by atoms with Crippen LogP contribution in [0.2, 0.25) is 0 Å². The Bertz CT molecular complexity index is 338. The van der Waals surface area contributed by atoms with Crippen LogP contribution >= 0.6 is 0 Å². The molecule has 2 heteroatoms. The second-order valence-electron chi connectivity index (χ2n) is 5.46. The average Bonchev–Trinajstić information content (AvgIpc) is 2.45. The van der Waals surface area contributed by atoms with Crippen molar-refractivity contribution in [1.82, 2.24) is 5.32 Å². The average molecular weight is 263 g/mol. The number of aliphatic hydroxyl groups excluding tert-OH is 1. The predicted octanol–water partition coefficient (Wildman–Crippen LogP) is 4.02. The standard InChI is InChI=1S/C17H29NO/c1-3-4-5-6-7-9-15(2)18-13-16-10-8-11-17(12-16)14-19/h8,10-12,15,18-19H,3-7,9,13-14H2,1-2H3. The molecular weight excluding hydrogens is 234 g/mol. The molecule has 0 saturated carbocycles. The van der Waals surface area contributed by atoms with Gasteiger partial charge in [0.05, 0.1) is 6.61 Å². The van der Waals surface area contributed by atoms with Crippen LogP contribution < -0.4 is 5.32 Å². The van der Waals surface area contributed by atoms with E-state index in [4.69, 9.17) is 5.11 Å². The third-order valence-corrected chi connectivity index (χ3v) is 3.57. The zero-order chi connectivity index (χ0) is 13.9. The van der Waals surface area contributed by atoms with Gasteiger partial charge in [-0.25, -0.2) is 0 Å². The minimum atomic E-state index is 0.126. The smallest absolute Gasteiger partial charge is 0.0681 e. The van der Waals surface area contributed by atoms with Gasteiger partial charge in [-0.1, -0.05) is 63.3 Å². The molecule has 2 nitrogen and oxygen atoms in total. The lowest BCUT2D eigenvalue weighted by molar-refractivity contribution is 0.281. The summed E-state index contributed by atoms with van der Waals surface area (Å²) in [6.07, 6.45) is 8.00. The molecule has 108 valence electrons. The molecule has 0 aliphatic rings. The number of benzene rings is 1. The van der Waals surface area contributed by atoms with E-state index in [9.17, 15) is 0 Å². The van der Waals surface area contributed by atoms with Gasteiger partial charge in [-0.05, 0) is 24.5 Å². The van der Waals surface area contributed by atoms with Crippen LogP contribution in [0.1, 0.15) is 63.5 Å². The summed E-state index contributed by atoms with van der Waals surface area (Å²) in [5.41, 5.74) is 2.25. The molecule has 19 heavy (non-hydrogen) atoms. The van der Waals surface area contributed by atoms with Crippen molar-refractivity contribution in [2.45, 2.75) is 71.6 Å². The highest BCUT2D eigenvalue weighted by atomic mass is 16.3. The first kappa shape index (κ1) is 16.2. The van der Waals surface area contributed by atoms with Gasteiger partial charge in [-0.2, -0.15) is 0 Å². The van der Waals surface area contributed by atoms with E-state index in [1.165, 1.54) is 44.1 Å². The van der Waals surface area contributed by atoms with Gasteiger partial charge in [0.2, 0.25) is 0 Å². The van der Waals surface area contributed by atoms with Gasteiger partial charge in [-0.15, -0.1) is 0 Å². The summed E-state index contributed by atoms with van der Waals surface area (Å²) in [7, 11) is 0. The number of unbranched alkanes of at least 4 members (excludes halogenated alkanes) is 4. The maximum atomic E-state index is 9.11. The van der Waals surface area contributed by atoms with Crippen molar-refractivity contribution in [2.75, 3.05) is 0 Å². The van der Waals surface area contributed by atoms with E-state index in [1.54, 1.807) is 0 Å². The van der Waals surface area contributed by atoms with Gasteiger partial charge >= 0.3 is 0 Å². The second kappa shape index (κ2) is 9.99. The first-order chi connectivity index (χ1) is 9.26. The Morgan fingerprint density at radius 3 is 2.58 bits per heavy atom. The molecule has 2 N–H and O–H groups in total. The highest BCUT2D eigenvalue weighted by Gasteiger charge is 2.02. The molecule has 0 aliphatic heterocycles. The summed E-state index contributed by atoms with van der Waals surface area (Å²) in [5.74, 6) is 0. The summed E-state index contributed by atoms with van der Waals surface area (Å²) < 4.78 is 0. The van der Waals surface area contributed by atoms with E-state index in [-0.39, 0.29) is 6.61 Å². The molecule has 0 aromatic heterocycles. The molecule has 0 radical (unpaired) electrons. The van der Waals surface area contributed by atoms with E-state index in [0.29, 0.717) is 6.04 Å². The first-order valence-electron chi connectivity index (χ1n) is 7.68. The third kappa shape index (κ3) is 7.34. The number of hydrogen-bond acceptors (Lipinski definition) is 2. The Labute approximate surface area is 118 Å². The SMILES string of the molecule is CCCCCCCC(C)NCc1cccc(CO)c1. The molecule has 1 rings (SSSR count). The zero-order valence-corrected chi connectivity index (χ0v) is 12.5. The fourth-order valence-corrected chi connectivity index (χ4v) is 2.29. The topological polar surface area (TPSA) is 32.3 Å². The lowest BCUT2D eigenvalue weighted by Gasteiger charge is -2.14. The Hall–Kier alpha value is -0.860. The maximum absolute atomic E-state index is 9.11. The van der Waals surface area contributed by atoms with Gasteiger partial charge in [-0.3, -0.25) is 0 Å². The van der Waals surface area contributed by atoms with Crippen molar-refractivity contribution in [3.63, 3.8) is 0 Å². The van der Waals surface area contributed by atoms with Crippen LogP contribution in [0, 0.1) is 0 Å². The molecular formula is C17H29NO. The highest BCUT2D eigenvalue weighted by molar-refractivity contribution is 5.22. The van der Waals surface area contributed by atoms with Crippen molar-refractivity contribution in [2.24, 2.45) is 0 Å². The Balaban J connectivity index is 2.16. The molecule has 1 unspecified atom stereocenters. The minimum Gasteiger partial charge on any atom is -0.392 e. The molecule has 0 bridgehead atoms. The lowest BCUT2D eigenvalue weighted by atomic mass is 10.1. The fourth-order valence-electron chi connectivity index (χ4n) is 2.29. The number of nitrogens with one attached hydrogen (secondary N) is 1. The van der Waals surface area contributed by atoms with Crippen LogP contribution in [0.25, 0.3) is 0 Å². The van der Waals surface area contributed by atoms with Crippen LogP contribution in [0.15, 0.2) is 24.3 Å². The summed E-state index contributed by atoms with van der Waals surface area (Å²) in [6.45, 7) is 5.53. The summed E-state index contributed by atoms with van der Waals surface area (Å²) in [6, 6.07) is 8.72. The molecule has 1 atom stereocenters. The molecule has 0 aliphatic carbocycles. The third-order valence-electron chi connectivity index (χ3n) is 3.57. The highest BCUT2D eigenvalue weighted by Crippen LogP contribution is 2.09. The molecule has 0 amide bonds. The molecule has 0 fully saturated rings. The molecule has 1 aromatic rings. The summed E-state index contributed by atoms with van der Waals surface area (Å²) >= 11 is 0. The van der Waals surface area contributed by atoms with E-state index >= 15 is 0 Å². The van der Waals surface area contributed by atoms with Crippen LogP contribution in [-0.2, 0) is 13.2 Å². The number of aliphatic hydroxyl groups is 1. The fraction of sp³-hybridized carbons (Fsp3) is 0.647. The lowest BCUT2D eigenvalue weighted by Crippen LogP contribution is -2.25. The Morgan fingerprint density at radius 1 is 1.11 bits per heavy atom. The first-order valence-corrected chi connectivity index (χ1v) is 7.68. The van der Waals surface area contributed by atoms with Crippen molar-refractivity contribution < 1.29 is 5.11 Å². The van der Waals surface area contributed by atoms with Crippen LogP contribution in [0.3, 0.4) is 0 Å².